The Hall–Kier alpha value is -2.53. The van der Waals surface area contributed by atoms with Gasteiger partial charge in [-0.1, -0.05) is 60.1 Å². The second-order valence-electron chi connectivity index (χ2n) is 4.76. The van der Waals surface area contributed by atoms with E-state index in [0.717, 1.165) is 11.5 Å². The molecule has 3 rings (SSSR count). The predicted octanol–water partition coefficient (Wildman–Crippen LogP) is 3.33. The molecule has 0 bridgehead atoms. The number of carbonyl (C=O) groups is 1. The highest BCUT2D eigenvalue weighted by molar-refractivity contribution is 7.08. The van der Waals surface area contributed by atoms with Crippen LogP contribution in [0.2, 0.25) is 0 Å². The molecule has 22 heavy (non-hydrogen) atoms. The first-order valence-electron chi connectivity index (χ1n) is 6.69. The number of hydrogen-bond donors (Lipinski definition) is 0. The molecule has 1 heterocycles. The topological polar surface area (TPSA) is 39.1 Å². The summed E-state index contributed by atoms with van der Waals surface area (Å²) in [5.74, 6) is -0.561. The molecule has 0 aliphatic heterocycles. The highest BCUT2D eigenvalue weighted by Crippen LogP contribution is 2.15. The first kappa shape index (κ1) is 14.4. The first-order chi connectivity index (χ1) is 10.6. The van der Waals surface area contributed by atoms with Gasteiger partial charge in [-0.15, -0.1) is 0 Å². The van der Waals surface area contributed by atoms with Crippen LogP contribution < -0.4 is 5.56 Å². The second kappa shape index (κ2) is 6.07. The van der Waals surface area contributed by atoms with Gasteiger partial charge < -0.3 is 0 Å². The number of halogens is 1. The van der Waals surface area contributed by atoms with Gasteiger partial charge in [-0.05, 0) is 6.07 Å². The van der Waals surface area contributed by atoms with Crippen LogP contribution in [0.3, 0.4) is 0 Å². The molecule has 5 heteroatoms. The number of carbonyl (C=O) groups excluding carboxylic acids is 1. The summed E-state index contributed by atoms with van der Waals surface area (Å²) in [6, 6.07) is 16.4. The van der Waals surface area contributed by atoms with E-state index in [0.29, 0.717) is 16.0 Å². The summed E-state index contributed by atoms with van der Waals surface area (Å²) in [5, 5.41) is 0. The summed E-state index contributed by atoms with van der Waals surface area (Å²) >= 11 is 1.05. The molecule has 0 fully saturated rings. The van der Waals surface area contributed by atoms with Crippen LogP contribution in [0.4, 0.5) is 4.39 Å². The van der Waals surface area contributed by atoms with Gasteiger partial charge >= 0.3 is 0 Å². The van der Waals surface area contributed by atoms with E-state index in [1.54, 1.807) is 42.5 Å². The molecular weight excluding hydrogens is 301 g/mol. The van der Waals surface area contributed by atoms with Gasteiger partial charge in [-0.2, -0.15) is 0 Å². The van der Waals surface area contributed by atoms with Crippen LogP contribution in [0.5, 0.6) is 0 Å². The van der Waals surface area contributed by atoms with Gasteiger partial charge in [0, 0.05) is 17.2 Å². The molecule has 0 N–H and O–H groups in total. The van der Waals surface area contributed by atoms with Crippen LogP contribution in [-0.2, 0) is 6.54 Å². The fourth-order valence-corrected chi connectivity index (χ4v) is 3.04. The van der Waals surface area contributed by atoms with E-state index in [-0.39, 0.29) is 23.7 Å². The maximum Gasteiger partial charge on any atom is 0.261 e. The van der Waals surface area contributed by atoms with Gasteiger partial charge in [-0.3, -0.25) is 13.5 Å². The van der Waals surface area contributed by atoms with Crippen molar-refractivity contribution in [2.75, 3.05) is 0 Å². The Bertz CT molecular complexity index is 868. The molecule has 0 atom stereocenters. The molecular formula is C17H12FNO2S. The number of rotatable bonds is 4. The largest absolute Gasteiger partial charge is 0.288 e. The van der Waals surface area contributed by atoms with Crippen molar-refractivity contribution < 1.29 is 9.18 Å². The van der Waals surface area contributed by atoms with Crippen molar-refractivity contribution >= 4 is 17.3 Å². The Balaban J connectivity index is 1.90. The maximum absolute atomic E-state index is 13.7. The molecule has 3 aromatic rings. The van der Waals surface area contributed by atoms with E-state index in [1.807, 2.05) is 6.07 Å². The fraction of sp³-hybridized carbons (Fsp3) is 0.0588. The van der Waals surface area contributed by atoms with E-state index in [9.17, 15) is 14.0 Å². The molecule has 1 aromatic heterocycles. The molecule has 0 amide bonds. The summed E-state index contributed by atoms with van der Waals surface area (Å²) in [7, 11) is 0. The van der Waals surface area contributed by atoms with Crippen molar-refractivity contribution in [3.05, 3.63) is 92.8 Å². The molecule has 0 aliphatic carbocycles. The van der Waals surface area contributed by atoms with Gasteiger partial charge in [0.1, 0.15) is 5.82 Å². The van der Waals surface area contributed by atoms with Crippen LogP contribution in [0, 0.1) is 5.82 Å². The van der Waals surface area contributed by atoms with E-state index in [2.05, 4.69) is 0 Å². The molecule has 0 unspecified atom stereocenters. The molecule has 0 radical (unpaired) electrons. The van der Waals surface area contributed by atoms with Gasteiger partial charge in [0.2, 0.25) is 5.78 Å². The van der Waals surface area contributed by atoms with Gasteiger partial charge in [0.25, 0.3) is 5.56 Å². The molecule has 110 valence electrons. The lowest BCUT2D eigenvalue weighted by Crippen LogP contribution is -2.13. The van der Waals surface area contributed by atoms with Gasteiger partial charge in [0.05, 0.1) is 11.4 Å². The van der Waals surface area contributed by atoms with Gasteiger partial charge in [0.15, 0.2) is 0 Å². The van der Waals surface area contributed by atoms with Crippen molar-refractivity contribution in [1.29, 1.82) is 0 Å². The first-order valence-corrected chi connectivity index (χ1v) is 7.47. The lowest BCUT2D eigenvalue weighted by molar-refractivity contribution is 0.104. The van der Waals surface area contributed by atoms with E-state index >= 15 is 0 Å². The highest BCUT2D eigenvalue weighted by atomic mass is 32.1. The van der Waals surface area contributed by atoms with Crippen LogP contribution in [-0.4, -0.2) is 9.74 Å². The maximum atomic E-state index is 13.7. The average molecular weight is 313 g/mol. The van der Waals surface area contributed by atoms with Crippen molar-refractivity contribution in [2.24, 2.45) is 0 Å². The van der Waals surface area contributed by atoms with Crippen molar-refractivity contribution in [2.45, 2.75) is 6.54 Å². The SMILES string of the molecule is O=C(c1ccccc1)c1cc(=O)n(Cc2ccccc2F)s1. The van der Waals surface area contributed by atoms with Crippen molar-refractivity contribution in [3.63, 3.8) is 0 Å². The smallest absolute Gasteiger partial charge is 0.261 e. The zero-order chi connectivity index (χ0) is 15.5. The lowest BCUT2D eigenvalue weighted by atomic mass is 10.1. The zero-order valence-corrected chi connectivity index (χ0v) is 12.3. The Morgan fingerprint density at radius 1 is 1.05 bits per heavy atom. The third-order valence-electron chi connectivity index (χ3n) is 3.24. The minimum Gasteiger partial charge on any atom is -0.288 e. The molecule has 0 aliphatic rings. The normalized spacial score (nSPS) is 10.6. The fourth-order valence-electron chi connectivity index (χ4n) is 2.10. The second-order valence-corrected chi connectivity index (χ2v) is 5.82. The Morgan fingerprint density at radius 3 is 2.45 bits per heavy atom. The standard InChI is InChI=1S/C17H12FNO2S/c18-14-9-5-4-8-13(14)11-19-16(20)10-15(22-19)17(21)12-6-2-1-3-7-12/h1-10H,11H2. The number of aromatic nitrogens is 1. The third kappa shape index (κ3) is 2.89. The Labute approximate surface area is 130 Å². The van der Waals surface area contributed by atoms with Gasteiger partial charge in [-0.25, -0.2) is 4.39 Å². The van der Waals surface area contributed by atoms with Crippen LogP contribution in [0.1, 0.15) is 20.8 Å². The Kier molecular flexibility index (Phi) is 3.98. The summed E-state index contributed by atoms with van der Waals surface area (Å²) in [5.41, 5.74) is 0.652. The van der Waals surface area contributed by atoms with E-state index in [1.165, 1.54) is 16.1 Å². The molecule has 2 aromatic carbocycles. The van der Waals surface area contributed by atoms with Crippen molar-refractivity contribution in [3.8, 4) is 0 Å². The summed E-state index contributed by atoms with van der Waals surface area (Å²) in [6.07, 6.45) is 0. The number of hydrogen-bond acceptors (Lipinski definition) is 3. The summed E-state index contributed by atoms with van der Waals surface area (Å²) in [6.45, 7) is 0.123. The summed E-state index contributed by atoms with van der Waals surface area (Å²) in [4.78, 5) is 24.7. The van der Waals surface area contributed by atoms with Crippen LogP contribution in [0.25, 0.3) is 0 Å². The minimum atomic E-state index is -0.362. The number of nitrogens with zero attached hydrogens (tertiary/aromatic N) is 1. The molecule has 0 saturated carbocycles. The van der Waals surface area contributed by atoms with E-state index < -0.39 is 0 Å². The molecule has 3 nitrogen and oxygen atoms in total. The Morgan fingerprint density at radius 2 is 1.73 bits per heavy atom. The van der Waals surface area contributed by atoms with Crippen LogP contribution in [0.15, 0.2) is 65.5 Å². The predicted molar refractivity (Wildman–Crippen MR) is 84.0 cm³/mol. The number of ketones is 1. The average Bonchev–Trinajstić information content (AvgIpc) is 2.91. The van der Waals surface area contributed by atoms with Crippen molar-refractivity contribution in [1.82, 2.24) is 3.96 Å². The lowest BCUT2D eigenvalue weighted by Gasteiger charge is -2.02. The number of benzene rings is 2. The van der Waals surface area contributed by atoms with Crippen LogP contribution >= 0.6 is 11.5 Å². The molecule has 0 saturated heterocycles. The summed E-state index contributed by atoms with van der Waals surface area (Å²) < 4.78 is 15.0. The highest BCUT2D eigenvalue weighted by Gasteiger charge is 2.14. The zero-order valence-electron chi connectivity index (χ0n) is 11.5. The molecule has 0 spiro atoms. The third-order valence-corrected chi connectivity index (χ3v) is 4.27. The monoisotopic (exact) mass is 313 g/mol. The van der Waals surface area contributed by atoms with E-state index in [4.69, 9.17) is 0 Å². The minimum absolute atomic E-state index is 0.123. The quantitative estimate of drug-likeness (QED) is 0.693.